The van der Waals surface area contributed by atoms with E-state index in [2.05, 4.69) is 0 Å². The fraction of sp³-hybridized carbons (Fsp3) is 0.429. The van der Waals surface area contributed by atoms with Crippen molar-refractivity contribution >= 4 is 5.97 Å². The summed E-state index contributed by atoms with van der Waals surface area (Å²) in [6.07, 6.45) is 0. The number of carboxylic acid groups (broad SMARTS) is 1. The number of hydrogen-bond donors (Lipinski definition) is 1. The molecule has 1 aliphatic rings. The van der Waals surface area contributed by atoms with Crippen LogP contribution in [0.25, 0.3) is 0 Å². The molecule has 0 spiro atoms. The number of nitriles is 1. The number of nitrogens with zero attached hydrogens (tertiary/aromatic N) is 2. The molecule has 1 aliphatic heterocycles. The van der Waals surface area contributed by atoms with Crippen molar-refractivity contribution < 1.29 is 19.0 Å². The fourth-order valence-corrected chi connectivity index (χ4v) is 2.39. The maximum atomic E-state index is 14.0. The van der Waals surface area contributed by atoms with Gasteiger partial charge in [0.25, 0.3) is 0 Å². The highest BCUT2D eigenvalue weighted by Crippen LogP contribution is 2.22. The first-order valence-electron chi connectivity index (χ1n) is 6.23. The topological polar surface area (TPSA) is 73.6 Å². The summed E-state index contributed by atoms with van der Waals surface area (Å²) in [6, 6.07) is 6.12. The smallest absolute Gasteiger partial charge is 0.310 e. The normalized spacial score (nSPS) is 21.9. The van der Waals surface area contributed by atoms with Gasteiger partial charge in [-0.3, -0.25) is 9.69 Å². The Bertz CT molecular complexity index is 556. The quantitative estimate of drug-likeness (QED) is 0.896. The number of hydrogen-bond acceptors (Lipinski definition) is 4. The van der Waals surface area contributed by atoms with Gasteiger partial charge in [-0.25, -0.2) is 4.39 Å². The Balaban J connectivity index is 2.14. The lowest BCUT2D eigenvalue weighted by molar-refractivity contribution is -0.143. The first kappa shape index (κ1) is 14.4. The monoisotopic (exact) mass is 278 g/mol. The number of ether oxygens (including phenoxy) is 1. The van der Waals surface area contributed by atoms with Crippen molar-refractivity contribution in [3.05, 3.63) is 35.1 Å². The van der Waals surface area contributed by atoms with Gasteiger partial charge in [0, 0.05) is 18.2 Å². The Morgan fingerprint density at radius 1 is 1.60 bits per heavy atom. The Hall–Kier alpha value is -1.97. The Kier molecular flexibility index (Phi) is 4.32. The Morgan fingerprint density at radius 2 is 2.35 bits per heavy atom. The van der Waals surface area contributed by atoms with Crippen LogP contribution in [0.3, 0.4) is 0 Å². The van der Waals surface area contributed by atoms with Crippen LogP contribution in [0.15, 0.2) is 18.2 Å². The molecule has 2 rings (SSSR count). The highest BCUT2D eigenvalue weighted by Gasteiger charge is 2.36. The summed E-state index contributed by atoms with van der Waals surface area (Å²) in [5.74, 6) is -2.07. The molecule has 1 aromatic rings. The van der Waals surface area contributed by atoms with E-state index in [1.165, 1.54) is 6.07 Å². The highest BCUT2D eigenvalue weighted by atomic mass is 19.1. The van der Waals surface area contributed by atoms with E-state index in [1.807, 2.05) is 0 Å². The molecule has 1 saturated heterocycles. The average molecular weight is 278 g/mol. The molecule has 0 radical (unpaired) electrons. The van der Waals surface area contributed by atoms with E-state index in [1.54, 1.807) is 30.1 Å². The number of benzene rings is 1. The van der Waals surface area contributed by atoms with E-state index in [-0.39, 0.29) is 24.8 Å². The predicted molar refractivity (Wildman–Crippen MR) is 68.3 cm³/mol. The van der Waals surface area contributed by atoms with Crippen LogP contribution in [0, 0.1) is 23.1 Å². The maximum absolute atomic E-state index is 14.0. The van der Waals surface area contributed by atoms with Crippen molar-refractivity contribution in [2.75, 3.05) is 20.3 Å². The molecule has 6 heteroatoms. The standard InChI is InChI=1S/C14H15FN2O3/c1-17(12-8-20-7-11(12)14(18)19)6-10-4-2-3-9(5-16)13(10)15/h2-4,11-12H,6-8H2,1H3,(H,18,19). The lowest BCUT2D eigenvalue weighted by Gasteiger charge is -2.26. The minimum atomic E-state index is -0.911. The molecule has 1 aromatic carbocycles. The predicted octanol–water partition coefficient (Wildman–Crippen LogP) is 1.23. The summed E-state index contributed by atoms with van der Waals surface area (Å²) in [7, 11) is 1.73. The van der Waals surface area contributed by atoms with Crippen molar-refractivity contribution in [3.63, 3.8) is 0 Å². The van der Waals surface area contributed by atoms with Crippen molar-refractivity contribution in [1.29, 1.82) is 5.26 Å². The molecule has 106 valence electrons. The SMILES string of the molecule is CN(Cc1cccc(C#N)c1F)C1COCC1C(=O)O. The van der Waals surface area contributed by atoms with Gasteiger partial charge in [-0.15, -0.1) is 0 Å². The fourth-order valence-electron chi connectivity index (χ4n) is 2.39. The highest BCUT2D eigenvalue weighted by molar-refractivity contribution is 5.71. The molecule has 0 aliphatic carbocycles. The minimum absolute atomic E-state index is 0.00615. The van der Waals surface area contributed by atoms with Crippen LogP contribution in [0.1, 0.15) is 11.1 Å². The second-order valence-corrected chi connectivity index (χ2v) is 4.86. The van der Waals surface area contributed by atoms with E-state index >= 15 is 0 Å². The molecule has 2 atom stereocenters. The maximum Gasteiger partial charge on any atom is 0.310 e. The zero-order valence-electron chi connectivity index (χ0n) is 11.0. The molecule has 20 heavy (non-hydrogen) atoms. The minimum Gasteiger partial charge on any atom is -0.481 e. The summed E-state index contributed by atoms with van der Waals surface area (Å²) >= 11 is 0. The molecule has 5 nitrogen and oxygen atoms in total. The Morgan fingerprint density at radius 3 is 3.00 bits per heavy atom. The number of aliphatic carboxylic acids is 1. The van der Waals surface area contributed by atoms with E-state index in [0.717, 1.165) is 0 Å². The Labute approximate surface area is 116 Å². The van der Waals surface area contributed by atoms with E-state index in [9.17, 15) is 9.18 Å². The third-order valence-electron chi connectivity index (χ3n) is 3.55. The molecule has 0 amide bonds. The lowest BCUT2D eigenvalue weighted by Crippen LogP contribution is -2.40. The van der Waals surface area contributed by atoms with Crippen molar-refractivity contribution in [2.24, 2.45) is 5.92 Å². The number of carbonyl (C=O) groups is 1. The van der Waals surface area contributed by atoms with Gasteiger partial charge in [0.15, 0.2) is 0 Å². The van der Waals surface area contributed by atoms with Crippen LogP contribution in [-0.2, 0) is 16.1 Å². The van der Waals surface area contributed by atoms with E-state index in [0.29, 0.717) is 12.2 Å². The number of likely N-dealkylation sites (N-methyl/N-ethyl adjacent to an activating group) is 1. The number of halogens is 1. The second-order valence-electron chi connectivity index (χ2n) is 4.86. The van der Waals surface area contributed by atoms with Crippen LogP contribution < -0.4 is 0 Å². The van der Waals surface area contributed by atoms with Crippen molar-refractivity contribution in [1.82, 2.24) is 4.90 Å². The van der Waals surface area contributed by atoms with Crippen LogP contribution in [0.4, 0.5) is 4.39 Å². The van der Waals surface area contributed by atoms with Gasteiger partial charge in [0.2, 0.25) is 0 Å². The largest absolute Gasteiger partial charge is 0.481 e. The van der Waals surface area contributed by atoms with Crippen molar-refractivity contribution in [3.8, 4) is 6.07 Å². The first-order chi connectivity index (χ1) is 9.54. The lowest BCUT2D eigenvalue weighted by atomic mass is 10.0. The van der Waals surface area contributed by atoms with Crippen LogP contribution >= 0.6 is 0 Å². The zero-order valence-corrected chi connectivity index (χ0v) is 11.0. The average Bonchev–Trinajstić information content (AvgIpc) is 2.90. The summed E-state index contributed by atoms with van der Waals surface area (Å²) in [4.78, 5) is 12.9. The molecular formula is C14H15FN2O3. The first-order valence-corrected chi connectivity index (χ1v) is 6.23. The van der Waals surface area contributed by atoms with E-state index < -0.39 is 17.7 Å². The molecule has 0 aromatic heterocycles. The number of rotatable bonds is 4. The molecule has 1 fully saturated rings. The molecule has 1 N–H and O–H groups in total. The van der Waals surface area contributed by atoms with Crippen LogP contribution in [0.5, 0.6) is 0 Å². The van der Waals surface area contributed by atoms with Gasteiger partial charge >= 0.3 is 5.97 Å². The third kappa shape index (κ3) is 2.79. The summed E-state index contributed by atoms with van der Waals surface area (Å²) in [5.41, 5.74) is 0.371. The van der Waals surface area contributed by atoms with E-state index in [4.69, 9.17) is 15.1 Å². The summed E-state index contributed by atoms with van der Waals surface area (Å²) in [6.45, 7) is 0.719. The van der Waals surface area contributed by atoms with Gasteiger partial charge in [0.05, 0.1) is 24.7 Å². The molecular weight excluding hydrogens is 263 g/mol. The summed E-state index contributed by atoms with van der Waals surface area (Å²) in [5, 5.41) is 17.9. The van der Waals surface area contributed by atoms with Gasteiger partial charge in [-0.1, -0.05) is 12.1 Å². The van der Waals surface area contributed by atoms with Crippen LogP contribution in [-0.4, -0.2) is 42.3 Å². The van der Waals surface area contributed by atoms with Gasteiger partial charge in [-0.2, -0.15) is 5.26 Å². The van der Waals surface area contributed by atoms with Crippen molar-refractivity contribution in [2.45, 2.75) is 12.6 Å². The summed E-state index contributed by atoms with van der Waals surface area (Å²) < 4.78 is 19.2. The van der Waals surface area contributed by atoms with Crippen LogP contribution in [0.2, 0.25) is 0 Å². The second kappa shape index (κ2) is 5.99. The molecule has 0 bridgehead atoms. The van der Waals surface area contributed by atoms with Gasteiger partial charge in [0.1, 0.15) is 11.9 Å². The molecule has 0 saturated carbocycles. The zero-order chi connectivity index (χ0) is 14.7. The molecule has 1 heterocycles. The van der Waals surface area contributed by atoms with Gasteiger partial charge in [-0.05, 0) is 13.1 Å². The molecule has 2 unspecified atom stereocenters. The van der Waals surface area contributed by atoms with Gasteiger partial charge < -0.3 is 9.84 Å². The number of carboxylic acids is 1. The third-order valence-corrected chi connectivity index (χ3v) is 3.55.